The van der Waals surface area contributed by atoms with E-state index in [0.29, 0.717) is 22.0 Å². The normalized spacial score (nSPS) is 10.7. The SMILES string of the molecule is Cc1cccc(F)c1-n1c(-c2ccccn2)n[nH]c1=S. The van der Waals surface area contributed by atoms with Gasteiger partial charge in [0.25, 0.3) is 0 Å². The van der Waals surface area contributed by atoms with Crippen LogP contribution in [0.4, 0.5) is 4.39 Å². The van der Waals surface area contributed by atoms with E-state index in [1.807, 2.05) is 25.1 Å². The molecule has 0 radical (unpaired) electrons. The van der Waals surface area contributed by atoms with Gasteiger partial charge in [0.15, 0.2) is 10.6 Å². The van der Waals surface area contributed by atoms with Gasteiger partial charge in [-0.1, -0.05) is 18.2 Å². The molecule has 4 nitrogen and oxygen atoms in total. The Labute approximate surface area is 119 Å². The molecule has 6 heteroatoms. The molecule has 1 N–H and O–H groups in total. The number of H-pyrrole nitrogens is 1. The third-order valence-corrected chi connectivity index (χ3v) is 3.25. The molecule has 2 heterocycles. The summed E-state index contributed by atoms with van der Waals surface area (Å²) in [5.41, 5.74) is 1.80. The molecule has 0 unspecified atom stereocenters. The zero-order valence-electron chi connectivity index (χ0n) is 10.7. The third-order valence-electron chi connectivity index (χ3n) is 2.98. The lowest BCUT2D eigenvalue weighted by Crippen LogP contribution is -2.03. The van der Waals surface area contributed by atoms with Crippen LogP contribution in [-0.4, -0.2) is 19.7 Å². The number of hydrogen-bond acceptors (Lipinski definition) is 3. The molecule has 3 aromatic rings. The average molecular weight is 286 g/mol. The second-order valence-electron chi connectivity index (χ2n) is 4.31. The van der Waals surface area contributed by atoms with Crippen molar-refractivity contribution in [2.24, 2.45) is 0 Å². The number of rotatable bonds is 2. The molecule has 0 aliphatic heterocycles. The fraction of sp³-hybridized carbons (Fsp3) is 0.0714. The number of hydrogen-bond donors (Lipinski definition) is 1. The van der Waals surface area contributed by atoms with E-state index < -0.39 is 0 Å². The van der Waals surface area contributed by atoms with Crippen LogP contribution in [0.3, 0.4) is 0 Å². The minimum Gasteiger partial charge on any atom is -0.264 e. The molecule has 3 rings (SSSR count). The number of aromatic nitrogens is 4. The minimum absolute atomic E-state index is 0.332. The molecule has 0 spiro atoms. The largest absolute Gasteiger partial charge is 0.264 e. The van der Waals surface area contributed by atoms with Gasteiger partial charge in [-0.3, -0.25) is 14.6 Å². The second kappa shape index (κ2) is 4.97. The smallest absolute Gasteiger partial charge is 0.200 e. The number of pyridine rings is 1. The molecular formula is C14H11FN4S. The quantitative estimate of drug-likeness (QED) is 0.734. The van der Waals surface area contributed by atoms with E-state index in [9.17, 15) is 4.39 Å². The Hall–Kier alpha value is -2.34. The standard InChI is InChI=1S/C14H11FN4S/c1-9-5-4-6-10(15)12(9)19-13(17-18-14(19)20)11-7-2-3-8-16-11/h2-8H,1H3,(H,18,20). The molecule has 20 heavy (non-hydrogen) atoms. The number of benzene rings is 1. The second-order valence-corrected chi connectivity index (χ2v) is 4.69. The van der Waals surface area contributed by atoms with Crippen molar-refractivity contribution < 1.29 is 4.39 Å². The Morgan fingerprint density at radius 2 is 2.05 bits per heavy atom. The maximum atomic E-state index is 14.2. The minimum atomic E-state index is -0.348. The topological polar surface area (TPSA) is 46.5 Å². The van der Waals surface area contributed by atoms with Crippen molar-refractivity contribution in [3.8, 4) is 17.2 Å². The maximum Gasteiger partial charge on any atom is 0.200 e. The van der Waals surface area contributed by atoms with Gasteiger partial charge in [0.1, 0.15) is 11.5 Å². The van der Waals surface area contributed by atoms with Crippen molar-refractivity contribution >= 4 is 12.2 Å². The number of aryl methyl sites for hydroxylation is 1. The molecule has 0 amide bonds. The van der Waals surface area contributed by atoms with E-state index in [0.717, 1.165) is 5.56 Å². The molecule has 0 fully saturated rings. The van der Waals surface area contributed by atoms with Crippen LogP contribution in [0.1, 0.15) is 5.56 Å². The highest BCUT2D eigenvalue weighted by Gasteiger charge is 2.16. The Bertz CT molecular complexity index is 787. The van der Waals surface area contributed by atoms with Crippen molar-refractivity contribution in [2.45, 2.75) is 6.92 Å². The molecule has 0 atom stereocenters. The Morgan fingerprint density at radius 1 is 1.20 bits per heavy atom. The first-order valence-electron chi connectivity index (χ1n) is 6.03. The third kappa shape index (κ3) is 2.04. The van der Waals surface area contributed by atoms with Crippen molar-refractivity contribution in [1.82, 2.24) is 19.7 Å². The summed E-state index contributed by atoms with van der Waals surface area (Å²) in [5.74, 6) is 0.142. The van der Waals surface area contributed by atoms with Crippen LogP contribution >= 0.6 is 12.2 Å². The monoisotopic (exact) mass is 286 g/mol. The lowest BCUT2D eigenvalue weighted by Gasteiger charge is -2.10. The summed E-state index contributed by atoms with van der Waals surface area (Å²) in [5, 5.41) is 6.86. The molecule has 0 bridgehead atoms. The van der Waals surface area contributed by atoms with Gasteiger partial charge in [0.05, 0.1) is 5.69 Å². The van der Waals surface area contributed by atoms with E-state index in [4.69, 9.17) is 12.2 Å². The fourth-order valence-electron chi connectivity index (χ4n) is 2.08. The number of nitrogens with zero attached hydrogens (tertiary/aromatic N) is 3. The van der Waals surface area contributed by atoms with Gasteiger partial charge in [-0.25, -0.2) is 4.39 Å². The van der Waals surface area contributed by atoms with Gasteiger partial charge >= 0.3 is 0 Å². The summed E-state index contributed by atoms with van der Waals surface area (Å²) in [7, 11) is 0. The van der Waals surface area contributed by atoms with Crippen LogP contribution in [0.25, 0.3) is 17.2 Å². The van der Waals surface area contributed by atoms with E-state index in [1.165, 1.54) is 6.07 Å². The highest BCUT2D eigenvalue weighted by atomic mass is 32.1. The maximum absolute atomic E-state index is 14.2. The summed E-state index contributed by atoms with van der Waals surface area (Å²) in [6, 6.07) is 10.4. The predicted molar refractivity (Wildman–Crippen MR) is 76.7 cm³/mol. The van der Waals surface area contributed by atoms with Crippen LogP contribution in [-0.2, 0) is 0 Å². The highest BCUT2D eigenvalue weighted by Crippen LogP contribution is 2.24. The van der Waals surface area contributed by atoms with Crippen LogP contribution < -0.4 is 0 Å². The average Bonchev–Trinajstić information content (AvgIpc) is 2.82. The number of nitrogens with one attached hydrogen (secondary N) is 1. The van der Waals surface area contributed by atoms with Crippen LogP contribution in [0.5, 0.6) is 0 Å². The molecule has 2 aromatic heterocycles. The van der Waals surface area contributed by atoms with Crippen LogP contribution in [0, 0.1) is 17.5 Å². The van der Waals surface area contributed by atoms with Gasteiger partial charge in [0, 0.05) is 6.20 Å². The Morgan fingerprint density at radius 3 is 2.75 bits per heavy atom. The highest BCUT2D eigenvalue weighted by molar-refractivity contribution is 7.71. The van der Waals surface area contributed by atoms with Gasteiger partial charge in [-0.15, -0.1) is 0 Å². The van der Waals surface area contributed by atoms with Gasteiger partial charge in [-0.05, 0) is 42.9 Å². The lowest BCUT2D eigenvalue weighted by atomic mass is 10.2. The predicted octanol–water partition coefficient (Wildman–Crippen LogP) is 3.44. The van der Waals surface area contributed by atoms with E-state index in [1.54, 1.807) is 22.9 Å². The summed E-state index contributed by atoms with van der Waals surface area (Å²) >= 11 is 5.22. The van der Waals surface area contributed by atoms with E-state index >= 15 is 0 Å². The first-order valence-corrected chi connectivity index (χ1v) is 6.43. The Kier molecular flexibility index (Phi) is 3.15. The first kappa shape index (κ1) is 12.7. The lowest BCUT2D eigenvalue weighted by molar-refractivity contribution is 0.616. The van der Waals surface area contributed by atoms with Crippen molar-refractivity contribution in [1.29, 1.82) is 0 Å². The molecule has 0 aliphatic carbocycles. The van der Waals surface area contributed by atoms with Crippen molar-refractivity contribution in [2.75, 3.05) is 0 Å². The van der Waals surface area contributed by atoms with Crippen LogP contribution in [0.2, 0.25) is 0 Å². The van der Waals surface area contributed by atoms with Crippen LogP contribution in [0.15, 0.2) is 42.6 Å². The molecular weight excluding hydrogens is 275 g/mol. The molecule has 0 saturated carbocycles. The van der Waals surface area contributed by atoms with Crippen molar-refractivity contribution in [3.63, 3.8) is 0 Å². The number of aromatic amines is 1. The van der Waals surface area contributed by atoms with Gasteiger partial charge < -0.3 is 0 Å². The molecule has 100 valence electrons. The summed E-state index contributed by atoms with van der Waals surface area (Å²) in [6.07, 6.45) is 1.66. The number of para-hydroxylation sites is 1. The fourth-order valence-corrected chi connectivity index (χ4v) is 2.30. The summed E-state index contributed by atoms with van der Waals surface area (Å²) in [4.78, 5) is 4.24. The van der Waals surface area contributed by atoms with E-state index in [2.05, 4.69) is 15.2 Å². The molecule has 0 aliphatic rings. The first-order chi connectivity index (χ1) is 9.68. The molecule has 0 saturated heterocycles. The zero-order valence-corrected chi connectivity index (χ0v) is 11.5. The number of halogens is 1. The summed E-state index contributed by atoms with van der Waals surface area (Å²) < 4.78 is 16.1. The van der Waals surface area contributed by atoms with Gasteiger partial charge in [-0.2, -0.15) is 5.10 Å². The zero-order chi connectivity index (χ0) is 14.1. The van der Waals surface area contributed by atoms with E-state index in [-0.39, 0.29) is 5.82 Å². The van der Waals surface area contributed by atoms with Gasteiger partial charge in [0.2, 0.25) is 0 Å². The van der Waals surface area contributed by atoms with Crippen molar-refractivity contribution in [3.05, 3.63) is 58.7 Å². The summed E-state index contributed by atoms with van der Waals surface area (Å²) in [6.45, 7) is 1.83. The molecule has 1 aromatic carbocycles. The Balaban J connectivity index is 2.31.